The van der Waals surface area contributed by atoms with Gasteiger partial charge in [0.1, 0.15) is 11.4 Å². The molecule has 0 radical (unpaired) electrons. The summed E-state index contributed by atoms with van der Waals surface area (Å²) in [5.41, 5.74) is 2.55. The summed E-state index contributed by atoms with van der Waals surface area (Å²) in [5, 5.41) is 21.2. The second-order valence-electron chi connectivity index (χ2n) is 4.93. The zero-order valence-corrected chi connectivity index (χ0v) is 14.5. The van der Waals surface area contributed by atoms with Gasteiger partial charge >= 0.3 is 11.4 Å². The van der Waals surface area contributed by atoms with E-state index in [0.717, 1.165) is 0 Å². The molecule has 26 heavy (non-hydrogen) atoms. The van der Waals surface area contributed by atoms with Crippen molar-refractivity contribution in [2.45, 2.75) is 20.8 Å². The molecule has 0 aliphatic carbocycles. The van der Waals surface area contributed by atoms with E-state index >= 15 is 0 Å². The Kier molecular flexibility index (Phi) is 6.20. The van der Waals surface area contributed by atoms with Crippen LogP contribution < -0.4 is 20.6 Å². The first-order valence-corrected chi connectivity index (χ1v) is 7.76. The minimum Gasteiger partial charge on any atom is -0.493 e. The summed E-state index contributed by atoms with van der Waals surface area (Å²) in [5.74, 6) is 0.659. The van der Waals surface area contributed by atoms with Crippen LogP contribution in [0.2, 0.25) is 0 Å². The molecule has 1 aromatic carbocycles. The molecule has 0 saturated heterocycles. The Balaban J connectivity index is 2.36. The van der Waals surface area contributed by atoms with Gasteiger partial charge in [-0.15, -0.1) is 0 Å². The van der Waals surface area contributed by atoms with E-state index in [1.165, 1.54) is 18.3 Å². The average Bonchev–Trinajstić information content (AvgIpc) is 2.59. The topological polar surface area (TPSA) is 145 Å². The quantitative estimate of drug-likeness (QED) is 0.409. The molecule has 11 nitrogen and oxygen atoms in total. The number of hydrogen-bond acceptors (Lipinski definition) is 9. The monoisotopic (exact) mass is 362 g/mol. The molecular formula is C15H18N6O5. The number of rotatable bonds is 8. The molecular weight excluding hydrogens is 344 g/mol. The second-order valence-corrected chi connectivity index (χ2v) is 4.93. The third-order valence-electron chi connectivity index (χ3n) is 3.14. The van der Waals surface area contributed by atoms with Gasteiger partial charge in [0, 0.05) is 17.7 Å². The molecule has 0 saturated carbocycles. The molecule has 0 fully saturated rings. The zero-order chi connectivity index (χ0) is 19.1. The van der Waals surface area contributed by atoms with Gasteiger partial charge < -0.3 is 9.47 Å². The van der Waals surface area contributed by atoms with Crippen LogP contribution in [0.1, 0.15) is 25.1 Å². The minimum atomic E-state index is -0.625. The largest absolute Gasteiger partial charge is 0.493 e. The molecule has 0 aliphatic rings. The van der Waals surface area contributed by atoms with Crippen LogP contribution >= 0.6 is 0 Å². The number of H-pyrrole nitrogens is 1. The molecule has 2 aromatic rings. The first-order chi connectivity index (χ1) is 12.5. The van der Waals surface area contributed by atoms with Crippen molar-refractivity contribution in [2.24, 2.45) is 5.10 Å². The van der Waals surface area contributed by atoms with Gasteiger partial charge in [-0.1, -0.05) is 0 Å². The molecule has 0 unspecified atom stereocenters. The molecule has 1 heterocycles. The Labute approximate surface area is 148 Å². The van der Waals surface area contributed by atoms with Gasteiger partial charge in [-0.25, -0.2) is 9.89 Å². The van der Waals surface area contributed by atoms with Crippen molar-refractivity contribution in [3.8, 4) is 11.5 Å². The smallest absolute Gasteiger partial charge is 0.363 e. The zero-order valence-electron chi connectivity index (χ0n) is 14.5. The van der Waals surface area contributed by atoms with Crippen molar-refractivity contribution in [1.82, 2.24) is 15.2 Å². The number of nitrogens with zero attached hydrogens (tertiary/aromatic N) is 4. The van der Waals surface area contributed by atoms with E-state index in [4.69, 9.17) is 9.47 Å². The Morgan fingerprint density at radius 1 is 1.31 bits per heavy atom. The van der Waals surface area contributed by atoms with E-state index in [2.05, 4.69) is 25.7 Å². The fraction of sp³-hybridized carbons (Fsp3) is 0.333. The maximum absolute atomic E-state index is 11.3. The number of benzene rings is 1. The lowest BCUT2D eigenvalue weighted by Gasteiger charge is -2.11. The average molecular weight is 362 g/mol. The van der Waals surface area contributed by atoms with Crippen molar-refractivity contribution in [3.63, 3.8) is 0 Å². The van der Waals surface area contributed by atoms with Gasteiger partial charge in [-0.2, -0.15) is 15.2 Å². The first kappa shape index (κ1) is 18.8. The van der Waals surface area contributed by atoms with Crippen LogP contribution in [0.4, 0.5) is 11.5 Å². The van der Waals surface area contributed by atoms with Crippen molar-refractivity contribution in [2.75, 3.05) is 18.6 Å². The Morgan fingerprint density at radius 2 is 2.00 bits per heavy atom. The maximum Gasteiger partial charge on any atom is 0.363 e. The number of hydrazone groups is 1. The van der Waals surface area contributed by atoms with E-state index in [9.17, 15) is 14.9 Å². The molecule has 0 amide bonds. The molecule has 0 spiro atoms. The summed E-state index contributed by atoms with van der Waals surface area (Å²) < 4.78 is 10.8. The number of aryl methyl sites for hydroxylation is 1. The van der Waals surface area contributed by atoms with Crippen LogP contribution in [-0.2, 0) is 0 Å². The fourth-order valence-corrected chi connectivity index (χ4v) is 2.02. The fourth-order valence-electron chi connectivity index (χ4n) is 2.02. The number of nitro benzene ring substituents is 1. The standard InChI is InChI=1S/C15H18N6O5/c1-4-25-12-7-13(26-5-2)11(21(23)24)6-10(12)8-16-19-14-9(3)18-20-15(22)17-14/h6-8H,4-5H2,1-3H3,(H2,17,19,20,22)/b16-8+. The Hall–Kier alpha value is -3.50. The van der Waals surface area contributed by atoms with E-state index < -0.39 is 10.6 Å². The van der Waals surface area contributed by atoms with Crippen LogP contribution in [-0.4, -0.2) is 39.5 Å². The lowest BCUT2D eigenvalue weighted by atomic mass is 10.1. The molecule has 2 rings (SSSR count). The highest BCUT2D eigenvalue weighted by Gasteiger charge is 2.19. The molecule has 1 aromatic heterocycles. The van der Waals surface area contributed by atoms with E-state index in [1.807, 2.05) is 0 Å². The van der Waals surface area contributed by atoms with Gasteiger partial charge in [0.15, 0.2) is 5.82 Å². The van der Waals surface area contributed by atoms with Crippen LogP contribution in [0.3, 0.4) is 0 Å². The van der Waals surface area contributed by atoms with Crippen molar-refractivity contribution >= 4 is 17.7 Å². The summed E-state index contributed by atoms with van der Waals surface area (Å²) >= 11 is 0. The lowest BCUT2D eigenvalue weighted by molar-refractivity contribution is -0.385. The number of nitrogens with one attached hydrogen (secondary N) is 2. The van der Waals surface area contributed by atoms with E-state index in [-0.39, 0.29) is 23.9 Å². The Bertz CT molecular complexity index is 879. The molecule has 11 heteroatoms. The SMILES string of the molecule is CCOc1cc(OCC)c([N+](=O)[O-])cc1/C=N/Nc1nc(=O)[nH]nc1C. The molecule has 138 valence electrons. The lowest BCUT2D eigenvalue weighted by Crippen LogP contribution is -2.15. The van der Waals surface area contributed by atoms with E-state index in [0.29, 0.717) is 23.6 Å². The number of hydrogen-bond donors (Lipinski definition) is 2. The van der Waals surface area contributed by atoms with E-state index in [1.54, 1.807) is 20.8 Å². The Morgan fingerprint density at radius 3 is 2.65 bits per heavy atom. The van der Waals surface area contributed by atoms with Crippen LogP contribution in [0.15, 0.2) is 22.0 Å². The van der Waals surface area contributed by atoms with Crippen LogP contribution in [0.5, 0.6) is 11.5 Å². The number of anilines is 1. The summed E-state index contributed by atoms with van der Waals surface area (Å²) in [6, 6.07) is 2.75. The third-order valence-corrected chi connectivity index (χ3v) is 3.14. The number of aromatic amines is 1. The second kappa shape index (κ2) is 8.55. The number of aromatic nitrogens is 3. The highest BCUT2D eigenvalue weighted by molar-refractivity contribution is 5.86. The van der Waals surface area contributed by atoms with Crippen LogP contribution in [0, 0.1) is 17.0 Å². The van der Waals surface area contributed by atoms with Gasteiger partial charge in [0.2, 0.25) is 5.75 Å². The molecule has 0 bridgehead atoms. The normalized spacial score (nSPS) is 10.7. The highest BCUT2D eigenvalue weighted by Crippen LogP contribution is 2.34. The third kappa shape index (κ3) is 4.53. The predicted octanol–water partition coefficient (Wildman–Crippen LogP) is 1.62. The van der Waals surface area contributed by atoms with Gasteiger partial charge in [0.05, 0.1) is 24.4 Å². The highest BCUT2D eigenvalue weighted by atomic mass is 16.6. The maximum atomic E-state index is 11.3. The van der Waals surface area contributed by atoms with Gasteiger partial charge in [0.25, 0.3) is 0 Å². The molecule has 0 aliphatic heterocycles. The van der Waals surface area contributed by atoms with Crippen molar-refractivity contribution in [3.05, 3.63) is 44.0 Å². The van der Waals surface area contributed by atoms with Gasteiger partial charge in [-0.3, -0.25) is 15.5 Å². The number of ether oxygens (including phenoxy) is 2. The summed E-state index contributed by atoms with van der Waals surface area (Å²) in [6.45, 7) is 5.79. The summed E-state index contributed by atoms with van der Waals surface area (Å²) in [7, 11) is 0. The number of nitro groups is 1. The predicted molar refractivity (Wildman–Crippen MR) is 94.0 cm³/mol. The molecule has 0 atom stereocenters. The van der Waals surface area contributed by atoms with Gasteiger partial charge in [-0.05, 0) is 20.8 Å². The summed E-state index contributed by atoms with van der Waals surface area (Å²) in [6.07, 6.45) is 1.33. The minimum absolute atomic E-state index is 0.113. The van der Waals surface area contributed by atoms with Crippen LogP contribution in [0.25, 0.3) is 0 Å². The summed E-state index contributed by atoms with van der Waals surface area (Å²) in [4.78, 5) is 25.6. The molecule has 2 N–H and O–H groups in total. The van der Waals surface area contributed by atoms with Crippen molar-refractivity contribution in [1.29, 1.82) is 0 Å². The first-order valence-electron chi connectivity index (χ1n) is 7.76. The van der Waals surface area contributed by atoms with Crippen molar-refractivity contribution < 1.29 is 14.4 Å².